The third-order valence-electron chi connectivity index (χ3n) is 3.92. The Morgan fingerprint density at radius 2 is 0.903 bits per heavy atom. The maximum atomic E-state index is 14.8. The lowest BCUT2D eigenvalue weighted by atomic mass is 9.73. The molecule has 1 unspecified atom stereocenters. The quantitative estimate of drug-likeness (QED) is 0.285. The number of allylic oxidation sites excluding steroid dienone is 1. The molecule has 186 valence electrons. The van der Waals surface area contributed by atoms with Crippen LogP contribution in [0.25, 0.3) is 0 Å². The van der Waals surface area contributed by atoms with E-state index >= 15 is 0 Å². The summed E-state index contributed by atoms with van der Waals surface area (Å²) < 4.78 is 225. The van der Waals surface area contributed by atoms with Gasteiger partial charge in [-0.1, -0.05) is 0 Å². The predicted octanol–water partition coefficient (Wildman–Crippen LogP) is 6.81. The molecule has 0 N–H and O–H groups in total. The van der Waals surface area contributed by atoms with Gasteiger partial charge >= 0.3 is 36.3 Å². The summed E-state index contributed by atoms with van der Waals surface area (Å²) >= 11 is 0. The number of alkyl halides is 16. The van der Waals surface area contributed by atoms with Crippen molar-refractivity contribution in [2.75, 3.05) is 13.1 Å². The second-order valence-corrected chi connectivity index (χ2v) is 5.72. The Kier molecular flexibility index (Phi) is 7.61. The summed E-state index contributed by atoms with van der Waals surface area (Å²) in [4.78, 5) is -0.642. The van der Waals surface area contributed by atoms with Gasteiger partial charge in [0.2, 0.25) is 5.95 Å². The van der Waals surface area contributed by atoms with Gasteiger partial charge in [-0.25, -0.2) is 8.78 Å². The van der Waals surface area contributed by atoms with Gasteiger partial charge in [-0.2, -0.15) is 65.9 Å². The monoisotopic (exact) mass is 503 g/mol. The third-order valence-corrected chi connectivity index (χ3v) is 3.92. The number of halogens is 17. The first kappa shape index (κ1) is 29.3. The lowest BCUT2D eigenvalue weighted by molar-refractivity contribution is -0.424. The zero-order chi connectivity index (χ0) is 25.6. The van der Waals surface area contributed by atoms with Gasteiger partial charge in [0.15, 0.2) is 0 Å². The molecule has 0 bridgehead atoms. The van der Waals surface area contributed by atoms with E-state index in [0.29, 0.717) is 13.8 Å². The van der Waals surface area contributed by atoms with Gasteiger partial charge in [0.05, 0.1) is 0 Å². The molecule has 0 fully saturated rings. The highest BCUT2D eigenvalue weighted by Crippen LogP contribution is 2.66. The minimum Gasteiger partial charge on any atom is -0.349 e. The van der Waals surface area contributed by atoms with Crippen molar-refractivity contribution < 1.29 is 74.6 Å². The minimum atomic E-state index is -8.57. The molecule has 0 aromatic heterocycles. The van der Waals surface area contributed by atoms with Crippen molar-refractivity contribution in [2.45, 2.75) is 55.8 Å². The summed E-state index contributed by atoms with van der Waals surface area (Å²) in [5, 5.41) is 0. The van der Waals surface area contributed by atoms with E-state index in [4.69, 9.17) is 0 Å². The Morgan fingerprint density at radius 3 is 1.10 bits per heavy atom. The lowest BCUT2D eigenvalue weighted by Crippen LogP contribution is -2.76. The molecule has 18 heteroatoms. The zero-order valence-electron chi connectivity index (χ0n) is 14.8. The number of rotatable bonds is 6. The predicted molar refractivity (Wildman–Crippen MR) is 67.9 cm³/mol. The highest BCUT2D eigenvalue weighted by Gasteiger charge is 2.95. The standard InChI is InChI=1S/C13H10F17N/c1-3-31(4-2)6(14)5(8(16,17)18)7(15,10(20,21)13(28,29)30)9(19,11(22,23)24)12(25,26)27/h3-4H2,1-2H3/b6-5-. The molecule has 0 heterocycles. The molecule has 0 aliphatic carbocycles. The Labute approximate surface area is 161 Å². The SMILES string of the molecule is CCN(CC)/C(F)=C(\C(F)(F)F)C(F)(C(F)(F)C(F)(F)F)C(F)(C(F)(F)F)C(F)(F)F. The second-order valence-electron chi connectivity index (χ2n) is 5.72. The lowest BCUT2D eigenvalue weighted by Gasteiger charge is -2.46. The third kappa shape index (κ3) is 4.34. The number of hydrogen-bond donors (Lipinski definition) is 0. The average Bonchev–Trinajstić information content (AvgIpc) is 2.50. The molecular formula is C13H10F17N. The van der Waals surface area contributed by atoms with Crippen molar-refractivity contribution in [3.8, 4) is 0 Å². The highest BCUT2D eigenvalue weighted by molar-refractivity contribution is 5.38. The summed E-state index contributed by atoms with van der Waals surface area (Å²) in [6.45, 7) is -1.16. The van der Waals surface area contributed by atoms with Gasteiger partial charge in [-0.15, -0.1) is 0 Å². The Bertz CT molecular complexity index is 645. The van der Waals surface area contributed by atoms with E-state index in [9.17, 15) is 74.6 Å². The topological polar surface area (TPSA) is 3.24 Å². The fourth-order valence-corrected chi connectivity index (χ4v) is 2.41. The van der Waals surface area contributed by atoms with Crippen LogP contribution < -0.4 is 0 Å². The van der Waals surface area contributed by atoms with Crippen molar-refractivity contribution in [2.24, 2.45) is 0 Å². The molecule has 31 heavy (non-hydrogen) atoms. The maximum Gasteiger partial charge on any atom is 0.457 e. The Hall–Kier alpha value is -1.65. The van der Waals surface area contributed by atoms with Gasteiger partial charge in [-0.05, 0) is 13.8 Å². The van der Waals surface area contributed by atoms with Crippen LogP contribution in [0, 0.1) is 0 Å². The first-order chi connectivity index (χ1) is 13.3. The van der Waals surface area contributed by atoms with Crippen LogP contribution in [-0.2, 0) is 0 Å². The van der Waals surface area contributed by atoms with Crippen LogP contribution in [0.3, 0.4) is 0 Å². The zero-order valence-corrected chi connectivity index (χ0v) is 14.8. The van der Waals surface area contributed by atoms with E-state index in [0.717, 1.165) is 0 Å². The molecule has 0 aliphatic heterocycles. The van der Waals surface area contributed by atoms with Crippen molar-refractivity contribution in [3.05, 3.63) is 11.5 Å². The van der Waals surface area contributed by atoms with Crippen molar-refractivity contribution >= 4 is 0 Å². The molecule has 0 aliphatic rings. The van der Waals surface area contributed by atoms with Crippen LogP contribution in [0.1, 0.15) is 13.8 Å². The fraction of sp³-hybridized carbons (Fsp3) is 0.846. The fourth-order valence-electron chi connectivity index (χ4n) is 2.41. The Balaban J connectivity index is 8.18. The summed E-state index contributed by atoms with van der Waals surface area (Å²) in [6, 6.07) is 0. The molecule has 0 aromatic rings. The first-order valence-electron chi connectivity index (χ1n) is 7.48. The summed E-state index contributed by atoms with van der Waals surface area (Å²) in [6.07, 6.45) is -31.8. The largest absolute Gasteiger partial charge is 0.457 e. The van der Waals surface area contributed by atoms with Gasteiger partial charge in [-0.3, -0.25) is 0 Å². The molecule has 0 rings (SSSR count). The molecule has 0 radical (unpaired) electrons. The van der Waals surface area contributed by atoms with Crippen LogP contribution in [-0.4, -0.2) is 60.0 Å². The summed E-state index contributed by atoms with van der Waals surface area (Å²) in [7, 11) is 0. The molecule has 0 spiro atoms. The normalized spacial score (nSPS) is 17.9. The Morgan fingerprint density at radius 1 is 0.581 bits per heavy atom. The van der Waals surface area contributed by atoms with Crippen molar-refractivity contribution in [1.29, 1.82) is 0 Å². The van der Waals surface area contributed by atoms with Gasteiger partial charge in [0, 0.05) is 13.1 Å². The van der Waals surface area contributed by atoms with Gasteiger partial charge in [0.25, 0.3) is 5.67 Å². The van der Waals surface area contributed by atoms with Crippen LogP contribution in [0.2, 0.25) is 0 Å². The van der Waals surface area contributed by atoms with Gasteiger partial charge in [0.1, 0.15) is 5.57 Å². The highest BCUT2D eigenvalue weighted by atomic mass is 19.4. The van der Waals surface area contributed by atoms with E-state index in [1.807, 2.05) is 0 Å². The van der Waals surface area contributed by atoms with E-state index in [-0.39, 0.29) is 0 Å². The van der Waals surface area contributed by atoms with Crippen LogP contribution in [0.4, 0.5) is 74.6 Å². The summed E-state index contributed by atoms with van der Waals surface area (Å²) in [5.41, 5.74) is -22.0. The maximum absolute atomic E-state index is 14.8. The summed E-state index contributed by atoms with van der Waals surface area (Å²) in [5.74, 6) is -12.1. The number of hydrogen-bond acceptors (Lipinski definition) is 1. The van der Waals surface area contributed by atoms with Crippen molar-refractivity contribution in [1.82, 2.24) is 4.90 Å². The van der Waals surface area contributed by atoms with E-state index in [2.05, 4.69) is 0 Å². The molecular weight excluding hydrogens is 493 g/mol. The second kappa shape index (κ2) is 8.04. The van der Waals surface area contributed by atoms with Crippen LogP contribution in [0.15, 0.2) is 11.5 Å². The molecule has 0 saturated heterocycles. The number of nitrogens with zero attached hydrogens (tertiary/aromatic N) is 1. The molecule has 1 nitrogen and oxygen atoms in total. The molecule has 0 saturated carbocycles. The molecule has 0 amide bonds. The first-order valence-corrected chi connectivity index (χ1v) is 7.48. The van der Waals surface area contributed by atoms with E-state index in [1.54, 1.807) is 0 Å². The van der Waals surface area contributed by atoms with Crippen molar-refractivity contribution in [3.63, 3.8) is 0 Å². The average molecular weight is 503 g/mol. The molecule has 0 aromatic carbocycles. The smallest absolute Gasteiger partial charge is 0.349 e. The van der Waals surface area contributed by atoms with Crippen LogP contribution >= 0.6 is 0 Å². The van der Waals surface area contributed by atoms with E-state index in [1.165, 1.54) is 0 Å². The van der Waals surface area contributed by atoms with Crippen LogP contribution in [0.5, 0.6) is 0 Å². The van der Waals surface area contributed by atoms with E-state index < -0.39 is 71.5 Å². The van der Waals surface area contributed by atoms with Gasteiger partial charge < -0.3 is 4.90 Å². The molecule has 1 atom stereocenters. The minimum absolute atomic E-state index is 0.620.